The zero-order valence-electron chi connectivity index (χ0n) is 11.7. The van der Waals surface area contributed by atoms with Crippen molar-refractivity contribution in [2.24, 2.45) is 10.8 Å². The minimum absolute atomic E-state index is 0.500. The molecule has 0 unspecified atom stereocenters. The van der Waals surface area contributed by atoms with E-state index >= 15 is 0 Å². The second-order valence-corrected chi connectivity index (χ2v) is 3.92. The number of methoxy groups -OCH3 is 2. The maximum atomic E-state index is 5.45. The van der Waals surface area contributed by atoms with E-state index in [4.69, 9.17) is 15.3 Å². The lowest BCUT2D eigenvalue weighted by molar-refractivity contribution is 0.405. The highest BCUT2D eigenvalue weighted by Crippen LogP contribution is 2.28. The number of hydrogen-bond acceptors (Lipinski definition) is 4. The lowest BCUT2D eigenvalue weighted by Crippen LogP contribution is -2.36. The Hall–Kier alpha value is -1.95. The Balaban J connectivity index is 2.85. The van der Waals surface area contributed by atoms with Crippen LogP contribution in [0, 0.1) is 0 Å². The van der Waals surface area contributed by atoms with Crippen molar-refractivity contribution in [3.8, 4) is 11.5 Å². The summed E-state index contributed by atoms with van der Waals surface area (Å²) < 4.78 is 10.5. The Morgan fingerprint density at radius 2 is 2.11 bits per heavy atom. The van der Waals surface area contributed by atoms with Crippen LogP contribution in [0.4, 0.5) is 5.69 Å². The quantitative estimate of drug-likeness (QED) is 0.240. The van der Waals surface area contributed by atoms with E-state index in [1.807, 2.05) is 18.2 Å². The Morgan fingerprint density at radius 3 is 2.68 bits per heavy atom. The SMILES string of the molecule is CCCCN=C(NN)Nc1cc(OC)ccc1OC. The van der Waals surface area contributed by atoms with Crippen molar-refractivity contribution in [2.45, 2.75) is 19.8 Å². The van der Waals surface area contributed by atoms with Gasteiger partial charge in [-0.1, -0.05) is 13.3 Å². The van der Waals surface area contributed by atoms with Crippen molar-refractivity contribution in [1.29, 1.82) is 0 Å². The standard InChI is InChI=1S/C13H22N4O2/c1-4-5-8-15-13(17-14)16-11-9-10(18-2)6-7-12(11)19-3/h6-7,9H,4-5,8,14H2,1-3H3,(H2,15,16,17). The van der Waals surface area contributed by atoms with Crippen LogP contribution in [0.3, 0.4) is 0 Å². The van der Waals surface area contributed by atoms with Crippen LogP contribution in [-0.4, -0.2) is 26.7 Å². The lowest BCUT2D eigenvalue weighted by atomic mass is 10.2. The van der Waals surface area contributed by atoms with Gasteiger partial charge < -0.3 is 14.8 Å². The Kier molecular flexibility index (Phi) is 6.52. The lowest BCUT2D eigenvalue weighted by Gasteiger charge is -2.13. The molecule has 0 aliphatic heterocycles. The van der Waals surface area contributed by atoms with Crippen molar-refractivity contribution in [3.63, 3.8) is 0 Å². The fraction of sp³-hybridized carbons (Fsp3) is 0.462. The Labute approximate surface area is 114 Å². The topological polar surface area (TPSA) is 80.9 Å². The first-order chi connectivity index (χ1) is 9.24. The molecular formula is C13H22N4O2. The van der Waals surface area contributed by atoms with Crippen LogP contribution in [0.25, 0.3) is 0 Å². The molecule has 0 saturated heterocycles. The minimum Gasteiger partial charge on any atom is -0.497 e. The van der Waals surface area contributed by atoms with Gasteiger partial charge in [-0.05, 0) is 18.6 Å². The van der Waals surface area contributed by atoms with E-state index in [0.29, 0.717) is 11.7 Å². The summed E-state index contributed by atoms with van der Waals surface area (Å²) in [6, 6.07) is 5.47. The number of hydrogen-bond donors (Lipinski definition) is 3. The third-order valence-electron chi connectivity index (χ3n) is 2.58. The normalized spacial score (nSPS) is 11.1. The van der Waals surface area contributed by atoms with Gasteiger partial charge in [-0.3, -0.25) is 10.4 Å². The molecule has 106 valence electrons. The number of rotatable bonds is 6. The first-order valence-electron chi connectivity index (χ1n) is 6.25. The molecular weight excluding hydrogens is 244 g/mol. The zero-order chi connectivity index (χ0) is 14.1. The Bertz CT molecular complexity index is 421. The molecule has 1 aromatic rings. The minimum atomic E-state index is 0.500. The van der Waals surface area contributed by atoms with E-state index in [1.165, 1.54) is 0 Å². The molecule has 0 aliphatic rings. The van der Waals surface area contributed by atoms with Crippen LogP contribution >= 0.6 is 0 Å². The highest BCUT2D eigenvalue weighted by Gasteiger charge is 2.06. The summed E-state index contributed by atoms with van der Waals surface area (Å²) >= 11 is 0. The number of nitrogens with zero attached hydrogens (tertiary/aromatic N) is 1. The molecule has 6 nitrogen and oxygen atoms in total. The van der Waals surface area contributed by atoms with E-state index in [0.717, 1.165) is 30.8 Å². The number of aliphatic imine (C=N–C) groups is 1. The maximum absolute atomic E-state index is 5.45. The highest BCUT2D eigenvalue weighted by molar-refractivity contribution is 5.94. The van der Waals surface area contributed by atoms with Crippen LogP contribution < -0.4 is 26.1 Å². The Morgan fingerprint density at radius 1 is 1.32 bits per heavy atom. The molecule has 0 aliphatic carbocycles. The van der Waals surface area contributed by atoms with Crippen LogP contribution in [0.5, 0.6) is 11.5 Å². The van der Waals surface area contributed by atoms with Crippen molar-refractivity contribution >= 4 is 11.6 Å². The van der Waals surface area contributed by atoms with E-state index in [2.05, 4.69) is 22.7 Å². The van der Waals surface area contributed by atoms with E-state index in [9.17, 15) is 0 Å². The molecule has 0 aromatic heterocycles. The summed E-state index contributed by atoms with van der Waals surface area (Å²) in [7, 11) is 3.22. The molecule has 0 radical (unpaired) electrons. The summed E-state index contributed by atoms with van der Waals surface area (Å²) in [5, 5.41) is 3.09. The van der Waals surface area contributed by atoms with E-state index in [-0.39, 0.29) is 0 Å². The average Bonchev–Trinajstić information content (AvgIpc) is 2.46. The molecule has 0 fully saturated rings. The number of benzene rings is 1. The summed E-state index contributed by atoms with van der Waals surface area (Å²) in [6.45, 7) is 2.83. The molecule has 4 N–H and O–H groups in total. The van der Waals surface area contributed by atoms with Crippen molar-refractivity contribution in [1.82, 2.24) is 5.43 Å². The van der Waals surface area contributed by atoms with Crippen molar-refractivity contribution < 1.29 is 9.47 Å². The average molecular weight is 266 g/mol. The number of guanidine groups is 1. The summed E-state index contributed by atoms with van der Waals surface area (Å²) in [4.78, 5) is 4.33. The molecule has 1 aromatic carbocycles. The predicted octanol–water partition coefficient (Wildman–Crippen LogP) is 1.74. The third kappa shape index (κ3) is 4.67. The molecule has 1 rings (SSSR count). The van der Waals surface area contributed by atoms with Gasteiger partial charge >= 0.3 is 0 Å². The fourth-order valence-corrected chi connectivity index (χ4v) is 1.51. The number of nitrogens with one attached hydrogen (secondary N) is 2. The van der Waals surface area contributed by atoms with Crippen LogP contribution in [0.15, 0.2) is 23.2 Å². The largest absolute Gasteiger partial charge is 0.497 e. The molecule has 0 atom stereocenters. The van der Waals surface area contributed by atoms with Crippen LogP contribution in [0.1, 0.15) is 19.8 Å². The molecule has 0 spiro atoms. The van der Waals surface area contributed by atoms with Gasteiger partial charge in [0.25, 0.3) is 0 Å². The van der Waals surface area contributed by atoms with Gasteiger partial charge in [0.05, 0.1) is 19.9 Å². The highest BCUT2D eigenvalue weighted by atomic mass is 16.5. The van der Waals surface area contributed by atoms with Gasteiger partial charge in [-0.25, -0.2) is 5.84 Å². The second-order valence-electron chi connectivity index (χ2n) is 3.92. The van der Waals surface area contributed by atoms with Gasteiger partial charge in [-0.15, -0.1) is 0 Å². The van der Waals surface area contributed by atoms with Crippen LogP contribution in [-0.2, 0) is 0 Å². The summed E-state index contributed by atoms with van der Waals surface area (Å²) in [5.74, 6) is 7.37. The second kappa shape index (κ2) is 8.20. The number of unbranched alkanes of at least 4 members (excludes halogenated alkanes) is 1. The molecule has 0 heterocycles. The molecule has 0 amide bonds. The molecule has 6 heteroatoms. The fourth-order valence-electron chi connectivity index (χ4n) is 1.51. The number of ether oxygens (including phenoxy) is 2. The van der Waals surface area contributed by atoms with E-state index < -0.39 is 0 Å². The van der Waals surface area contributed by atoms with Gasteiger partial charge in [0.2, 0.25) is 5.96 Å². The third-order valence-corrected chi connectivity index (χ3v) is 2.58. The first kappa shape index (κ1) is 15.1. The number of nitrogens with two attached hydrogens (primary N) is 1. The molecule has 0 saturated carbocycles. The maximum Gasteiger partial charge on any atom is 0.210 e. The number of anilines is 1. The molecule has 19 heavy (non-hydrogen) atoms. The van der Waals surface area contributed by atoms with Crippen LogP contribution in [0.2, 0.25) is 0 Å². The predicted molar refractivity (Wildman–Crippen MR) is 77.7 cm³/mol. The van der Waals surface area contributed by atoms with Gasteiger partial charge in [0.1, 0.15) is 11.5 Å². The zero-order valence-corrected chi connectivity index (χ0v) is 11.7. The van der Waals surface area contributed by atoms with Gasteiger partial charge in [-0.2, -0.15) is 0 Å². The van der Waals surface area contributed by atoms with Gasteiger partial charge in [0, 0.05) is 12.6 Å². The number of hydrazine groups is 1. The van der Waals surface area contributed by atoms with Crippen molar-refractivity contribution in [3.05, 3.63) is 18.2 Å². The summed E-state index contributed by atoms with van der Waals surface area (Å²) in [6.07, 6.45) is 2.10. The smallest absolute Gasteiger partial charge is 0.210 e. The monoisotopic (exact) mass is 266 g/mol. The van der Waals surface area contributed by atoms with Crippen molar-refractivity contribution in [2.75, 3.05) is 26.1 Å². The molecule has 0 bridgehead atoms. The van der Waals surface area contributed by atoms with Gasteiger partial charge in [0.15, 0.2) is 0 Å². The summed E-state index contributed by atoms with van der Waals surface area (Å²) in [5.41, 5.74) is 3.29. The van der Waals surface area contributed by atoms with E-state index in [1.54, 1.807) is 14.2 Å². The first-order valence-corrected chi connectivity index (χ1v) is 6.25.